The van der Waals surface area contributed by atoms with Crippen LogP contribution in [0, 0.1) is 0 Å². The number of thiophene rings is 2. The molecule has 124 valence electrons. The maximum absolute atomic E-state index is 13.3. The largest absolute Gasteiger partial charge is 0.325 e. The van der Waals surface area contributed by atoms with Gasteiger partial charge in [0.15, 0.2) is 0 Å². The zero-order valence-corrected chi connectivity index (χ0v) is 15.0. The summed E-state index contributed by atoms with van der Waals surface area (Å²) in [6.07, 6.45) is 4.66. The molecule has 25 heavy (non-hydrogen) atoms. The quantitative estimate of drug-likeness (QED) is 0.533. The number of pyridine rings is 1. The Morgan fingerprint density at radius 3 is 2.92 bits per heavy atom. The Labute approximate surface area is 153 Å². The Kier molecular flexibility index (Phi) is 3.46. The van der Waals surface area contributed by atoms with Gasteiger partial charge in [-0.05, 0) is 47.0 Å². The van der Waals surface area contributed by atoms with E-state index in [1.54, 1.807) is 22.7 Å². The van der Waals surface area contributed by atoms with Crippen LogP contribution in [0.3, 0.4) is 0 Å². The Morgan fingerprint density at radius 2 is 2.08 bits per heavy atom. The Balaban J connectivity index is 1.58. The van der Waals surface area contributed by atoms with Crippen molar-refractivity contribution in [2.24, 2.45) is 0 Å². The highest BCUT2D eigenvalue weighted by molar-refractivity contribution is 7.10. The van der Waals surface area contributed by atoms with Crippen molar-refractivity contribution >= 4 is 34.2 Å². The first-order valence-electron chi connectivity index (χ1n) is 8.15. The fourth-order valence-corrected chi connectivity index (χ4v) is 5.23. The second kappa shape index (κ2) is 5.82. The second-order valence-corrected chi connectivity index (χ2v) is 8.04. The van der Waals surface area contributed by atoms with Gasteiger partial charge in [-0.25, -0.2) is 4.98 Å². The molecule has 1 aliphatic rings. The first-order valence-corrected chi connectivity index (χ1v) is 9.91. The van der Waals surface area contributed by atoms with E-state index in [1.165, 1.54) is 15.3 Å². The molecule has 0 aliphatic carbocycles. The van der Waals surface area contributed by atoms with Crippen LogP contribution in [-0.2, 0) is 6.42 Å². The third-order valence-electron chi connectivity index (χ3n) is 4.62. The number of hydrogen-bond acceptors (Lipinski definition) is 4. The van der Waals surface area contributed by atoms with E-state index in [0.717, 1.165) is 18.6 Å². The highest BCUT2D eigenvalue weighted by Gasteiger charge is 2.34. The minimum absolute atomic E-state index is 0.000972. The lowest BCUT2D eigenvalue weighted by atomic mass is 9.98. The Hall–Kier alpha value is -2.44. The van der Waals surface area contributed by atoms with Crippen LogP contribution in [0.2, 0.25) is 0 Å². The van der Waals surface area contributed by atoms with Gasteiger partial charge in [0, 0.05) is 28.7 Å². The van der Waals surface area contributed by atoms with Gasteiger partial charge >= 0.3 is 0 Å². The minimum atomic E-state index is -0.00712. The van der Waals surface area contributed by atoms with Crippen LogP contribution >= 0.6 is 22.7 Å². The van der Waals surface area contributed by atoms with Crippen LogP contribution in [0.1, 0.15) is 31.8 Å². The summed E-state index contributed by atoms with van der Waals surface area (Å²) in [6, 6.07) is 12.1. The van der Waals surface area contributed by atoms with Crippen LogP contribution in [-0.4, -0.2) is 26.7 Å². The van der Waals surface area contributed by atoms with Gasteiger partial charge in [-0.15, -0.1) is 22.7 Å². The molecule has 4 aromatic heterocycles. The predicted octanol–water partition coefficient (Wildman–Crippen LogP) is 4.25. The molecule has 5 heterocycles. The lowest BCUT2D eigenvalue weighted by Crippen LogP contribution is -2.39. The third kappa shape index (κ3) is 2.41. The molecular formula is C19H15N3OS2. The Bertz CT molecular complexity index is 1010. The van der Waals surface area contributed by atoms with E-state index in [-0.39, 0.29) is 11.9 Å². The number of fused-ring (bicyclic) bond motifs is 2. The van der Waals surface area contributed by atoms with Crippen molar-refractivity contribution in [2.45, 2.75) is 12.5 Å². The van der Waals surface area contributed by atoms with E-state index in [0.29, 0.717) is 5.69 Å². The van der Waals surface area contributed by atoms with E-state index in [2.05, 4.69) is 27.9 Å². The number of rotatable bonds is 2. The topological polar surface area (TPSA) is 37.6 Å². The van der Waals surface area contributed by atoms with Crippen LogP contribution in [0.5, 0.6) is 0 Å². The van der Waals surface area contributed by atoms with Crippen molar-refractivity contribution in [2.75, 3.05) is 6.54 Å². The molecule has 0 saturated carbocycles. The number of carbonyl (C=O) groups excluding carboxylic acids is 1. The fourth-order valence-electron chi connectivity index (χ4n) is 3.47. The van der Waals surface area contributed by atoms with E-state index in [1.807, 2.05) is 46.0 Å². The van der Waals surface area contributed by atoms with Gasteiger partial charge in [-0.1, -0.05) is 12.1 Å². The highest BCUT2D eigenvalue weighted by atomic mass is 32.1. The number of imidazole rings is 1. The van der Waals surface area contributed by atoms with Crippen molar-refractivity contribution in [3.63, 3.8) is 0 Å². The summed E-state index contributed by atoms with van der Waals surface area (Å²) in [5.41, 5.74) is 2.56. The average Bonchev–Trinajstić information content (AvgIpc) is 3.39. The molecule has 0 spiro atoms. The molecule has 0 radical (unpaired) electrons. The molecule has 5 rings (SSSR count). The number of nitrogens with zero attached hydrogens (tertiary/aromatic N) is 3. The van der Waals surface area contributed by atoms with Crippen molar-refractivity contribution in [1.82, 2.24) is 14.3 Å². The summed E-state index contributed by atoms with van der Waals surface area (Å²) in [4.78, 5) is 22.4. The van der Waals surface area contributed by atoms with Crippen molar-refractivity contribution in [3.8, 4) is 0 Å². The van der Waals surface area contributed by atoms with Gasteiger partial charge in [-0.2, -0.15) is 0 Å². The monoisotopic (exact) mass is 365 g/mol. The molecule has 0 N–H and O–H groups in total. The minimum Gasteiger partial charge on any atom is -0.325 e. The molecule has 0 saturated heterocycles. The SMILES string of the molecule is O=C(c1cn2ccccc2n1)N1CCc2sccc2C1c1cccs1. The fraction of sp³-hybridized carbons (Fsp3) is 0.158. The maximum Gasteiger partial charge on any atom is 0.274 e. The van der Waals surface area contributed by atoms with Crippen molar-refractivity contribution in [3.05, 3.63) is 80.6 Å². The molecule has 6 heteroatoms. The molecule has 1 unspecified atom stereocenters. The van der Waals surface area contributed by atoms with Gasteiger partial charge in [0.25, 0.3) is 5.91 Å². The molecule has 1 amide bonds. The number of hydrogen-bond donors (Lipinski definition) is 0. The van der Waals surface area contributed by atoms with Gasteiger partial charge < -0.3 is 9.30 Å². The molecule has 1 aliphatic heterocycles. The van der Waals surface area contributed by atoms with Crippen LogP contribution < -0.4 is 0 Å². The van der Waals surface area contributed by atoms with E-state index in [9.17, 15) is 4.79 Å². The van der Waals surface area contributed by atoms with E-state index in [4.69, 9.17) is 0 Å². The first kappa shape index (κ1) is 14.9. The first-order chi connectivity index (χ1) is 12.3. The van der Waals surface area contributed by atoms with E-state index < -0.39 is 0 Å². The summed E-state index contributed by atoms with van der Waals surface area (Å²) >= 11 is 3.49. The predicted molar refractivity (Wildman–Crippen MR) is 100 cm³/mol. The molecule has 4 aromatic rings. The third-order valence-corrected chi connectivity index (χ3v) is 6.54. The van der Waals surface area contributed by atoms with Crippen LogP contribution in [0.25, 0.3) is 5.65 Å². The van der Waals surface area contributed by atoms with Gasteiger partial charge in [0.2, 0.25) is 0 Å². The average molecular weight is 365 g/mol. The van der Waals surface area contributed by atoms with Gasteiger partial charge in [0.1, 0.15) is 11.3 Å². The molecule has 0 fully saturated rings. The number of aromatic nitrogens is 2. The van der Waals surface area contributed by atoms with Crippen LogP contribution in [0.15, 0.2) is 59.6 Å². The summed E-state index contributed by atoms with van der Waals surface area (Å²) in [5, 5.41) is 4.20. The summed E-state index contributed by atoms with van der Waals surface area (Å²) < 4.78 is 1.90. The number of amides is 1. The summed E-state index contributed by atoms with van der Waals surface area (Å²) in [7, 11) is 0. The smallest absolute Gasteiger partial charge is 0.274 e. The molecule has 1 atom stereocenters. The summed E-state index contributed by atoms with van der Waals surface area (Å²) in [6.45, 7) is 0.725. The normalized spacial score (nSPS) is 17.0. The lowest BCUT2D eigenvalue weighted by Gasteiger charge is -2.35. The lowest BCUT2D eigenvalue weighted by molar-refractivity contribution is 0.0693. The highest BCUT2D eigenvalue weighted by Crippen LogP contribution is 2.40. The van der Waals surface area contributed by atoms with E-state index >= 15 is 0 Å². The van der Waals surface area contributed by atoms with Crippen molar-refractivity contribution in [1.29, 1.82) is 0 Å². The Morgan fingerprint density at radius 1 is 1.12 bits per heavy atom. The molecule has 4 nitrogen and oxygen atoms in total. The number of carbonyl (C=O) groups is 1. The zero-order valence-electron chi connectivity index (χ0n) is 13.3. The second-order valence-electron chi connectivity index (χ2n) is 6.06. The van der Waals surface area contributed by atoms with Gasteiger partial charge in [-0.3, -0.25) is 4.79 Å². The molecule has 0 bridgehead atoms. The van der Waals surface area contributed by atoms with Crippen molar-refractivity contribution < 1.29 is 4.79 Å². The maximum atomic E-state index is 13.3. The summed E-state index contributed by atoms with van der Waals surface area (Å²) in [5.74, 6) is -0.000972. The standard InChI is InChI=1S/C19H15N3OS2/c23-19(14-12-21-8-2-1-5-17(21)20-14)22-9-6-15-13(7-11-25-15)18(22)16-4-3-10-24-16/h1-5,7-8,10-12,18H,6,9H2. The molecule has 0 aromatic carbocycles. The zero-order chi connectivity index (χ0) is 16.8. The molecular weight excluding hydrogens is 350 g/mol. The van der Waals surface area contributed by atoms with Gasteiger partial charge in [0.05, 0.1) is 6.04 Å². The van der Waals surface area contributed by atoms with Crippen LogP contribution in [0.4, 0.5) is 0 Å².